The molecular weight excluding hydrogens is 326 g/mol. The van der Waals surface area contributed by atoms with Crippen LogP contribution in [0.25, 0.3) is 11.3 Å². The van der Waals surface area contributed by atoms with Crippen LogP contribution in [0, 0.1) is 0 Å². The number of carbonyl (C=O) groups is 1. The van der Waals surface area contributed by atoms with Crippen molar-refractivity contribution < 1.29 is 9.21 Å². The molecule has 3 aromatic rings. The molecule has 0 atom stereocenters. The lowest BCUT2D eigenvalue weighted by Gasteiger charge is -2.02. The molecule has 3 rings (SSSR count). The van der Waals surface area contributed by atoms with E-state index in [4.69, 9.17) is 21.8 Å². The molecule has 1 heterocycles. The van der Waals surface area contributed by atoms with Gasteiger partial charge in [-0.1, -0.05) is 23.7 Å². The van der Waals surface area contributed by atoms with E-state index in [1.165, 1.54) is 6.21 Å². The van der Waals surface area contributed by atoms with Gasteiger partial charge in [0.2, 0.25) is 0 Å². The van der Waals surface area contributed by atoms with Gasteiger partial charge in [-0.2, -0.15) is 5.10 Å². The highest BCUT2D eigenvalue weighted by atomic mass is 35.5. The average molecular weight is 340 g/mol. The van der Waals surface area contributed by atoms with Gasteiger partial charge >= 0.3 is 0 Å². The third kappa shape index (κ3) is 3.64. The summed E-state index contributed by atoms with van der Waals surface area (Å²) >= 11 is 5.86. The number of hydrazone groups is 1. The van der Waals surface area contributed by atoms with Crippen molar-refractivity contribution in [1.29, 1.82) is 0 Å². The summed E-state index contributed by atoms with van der Waals surface area (Å²) in [5.41, 5.74) is 9.83. The Morgan fingerprint density at radius 2 is 1.83 bits per heavy atom. The predicted octanol–water partition coefficient (Wildman–Crippen LogP) is 3.95. The molecule has 2 aromatic carbocycles. The van der Waals surface area contributed by atoms with Crippen LogP contribution in [-0.2, 0) is 0 Å². The second-order valence-electron chi connectivity index (χ2n) is 5.00. The number of hydrogen-bond acceptors (Lipinski definition) is 4. The van der Waals surface area contributed by atoms with Gasteiger partial charge in [-0.15, -0.1) is 0 Å². The summed E-state index contributed by atoms with van der Waals surface area (Å²) in [6, 6.07) is 17.7. The number of para-hydroxylation sites is 1. The average Bonchev–Trinajstić information content (AvgIpc) is 3.04. The Kier molecular flexibility index (Phi) is 4.63. The van der Waals surface area contributed by atoms with Gasteiger partial charge in [-0.3, -0.25) is 4.79 Å². The van der Waals surface area contributed by atoms with E-state index >= 15 is 0 Å². The zero-order chi connectivity index (χ0) is 16.9. The maximum atomic E-state index is 12.0. The molecule has 0 bridgehead atoms. The molecule has 6 heteroatoms. The number of carbonyl (C=O) groups excluding carboxylic acids is 1. The molecule has 1 amide bonds. The Hall–Kier alpha value is -3.05. The SMILES string of the molecule is Nc1ccccc1C(=O)NN=Cc1ccc(-c2ccc(Cl)cc2)o1. The normalized spacial score (nSPS) is 10.9. The molecule has 0 spiro atoms. The third-order valence-corrected chi connectivity index (χ3v) is 3.57. The number of rotatable bonds is 4. The number of benzene rings is 2. The molecule has 120 valence electrons. The summed E-state index contributed by atoms with van der Waals surface area (Å²) in [5.74, 6) is 0.821. The van der Waals surface area contributed by atoms with Crippen LogP contribution in [0.15, 0.2) is 70.2 Å². The van der Waals surface area contributed by atoms with Crippen LogP contribution in [0.5, 0.6) is 0 Å². The molecule has 5 nitrogen and oxygen atoms in total. The first-order valence-electron chi connectivity index (χ1n) is 7.17. The van der Waals surface area contributed by atoms with E-state index in [1.807, 2.05) is 18.2 Å². The summed E-state index contributed by atoms with van der Waals surface area (Å²) in [4.78, 5) is 12.0. The van der Waals surface area contributed by atoms with Gasteiger partial charge in [-0.05, 0) is 48.5 Å². The second-order valence-corrected chi connectivity index (χ2v) is 5.43. The summed E-state index contributed by atoms with van der Waals surface area (Å²) in [5, 5.41) is 4.55. The minimum absolute atomic E-state index is 0.371. The number of nitrogens with two attached hydrogens (primary N) is 1. The van der Waals surface area contributed by atoms with Crippen molar-refractivity contribution in [3.63, 3.8) is 0 Å². The molecule has 0 radical (unpaired) electrons. The number of furan rings is 1. The van der Waals surface area contributed by atoms with Gasteiger partial charge in [-0.25, -0.2) is 5.43 Å². The van der Waals surface area contributed by atoms with Crippen molar-refractivity contribution in [3.8, 4) is 11.3 Å². The fraction of sp³-hybridized carbons (Fsp3) is 0. The number of amides is 1. The van der Waals surface area contributed by atoms with Crippen molar-refractivity contribution in [2.45, 2.75) is 0 Å². The minimum atomic E-state index is -0.381. The summed E-state index contributed by atoms with van der Waals surface area (Å²) in [6.07, 6.45) is 1.43. The van der Waals surface area contributed by atoms with E-state index in [1.54, 1.807) is 42.5 Å². The van der Waals surface area contributed by atoms with Gasteiger partial charge in [0.25, 0.3) is 5.91 Å². The Morgan fingerprint density at radius 1 is 1.08 bits per heavy atom. The van der Waals surface area contributed by atoms with Crippen LogP contribution >= 0.6 is 11.6 Å². The first-order valence-corrected chi connectivity index (χ1v) is 7.55. The van der Waals surface area contributed by atoms with Crippen LogP contribution in [0.3, 0.4) is 0 Å². The molecule has 0 saturated heterocycles. The van der Waals surface area contributed by atoms with E-state index in [-0.39, 0.29) is 5.91 Å². The Bertz CT molecular complexity index is 885. The molecule has 0 aliphatic carbocycles. The fourth-order valence-corrected chi connectivity index (χ4v) is 2.24. The maximum absolute atomic E-state index is 12.0. The predicted molar refractivity (Wildman–Crippen MR) is 95.1 cm³/mol. The maximum Gasteiger partial charge on any atom is 0.273 e. The summed E-state index contributed by atoms with van der Waals surface area (Å²) < 4.78 is 5.65. The first kappa shape index (κ1) is 15.8. The third-order valence-electron chi connectivity index (χ3n) is 3.32. The molecule has 0 saturated carbocycles. The largest absolute Gasteiger partial charge is 0.455 e. The second kappa shape index (κ2) is 7.02. The van der Waals surface area contributed by atoms with E-state index in [0.717, 1.165) is 5.56 Å². The van der Waals surface area contributed by atoms with Gasteiger partial charge < -0.3 is 10.2 Å². The van der Waals surface area contributed by atoms with E-state index in [9.17, 15) is 4.79 Å². The molecule has 24 heavy (non-hydrogen) atoms. The highest BCUT2D eigenvalue weighted by molar-refractivity contribution is 6.30. The fourth-order valence-electron chi connectivity index (χ4n) is 2.11. The van der Waals surface area contributed by atoms with Crippen molar-refractivity contribution in [2.75, 3.05) is 5.73 Å². The van der Waals surface area contributed by atoms with Gasteiger partial charge in [0.05, 0.1) is 11.8 Å². The highest BCUT2D eigenvalue weighted by Gasteiger charge is 2.07. The van der Waals surface area contributed by atoms with Crippen LogP contribution < -0.4 is 11.2 Å². The zero-order valence-corrected chi connectivity index (χ0v) is 13.3. The van der Waals surface area contributed by atoms with E-state index < -0.39 is 0 Å². The highest BCUT2D eigenvalue weighted by Crippen LogP contribution is 2.23. The first-order chi connectivity index (χ1) is 11.6. The Morgan fingerprint density at radius 3 is 2.58 bits per heavy atom. The summed E-state index contributed by atoms with van der Waals surface area (Å²) in [6.45, 7) is 0. The molecular formula is C18H14ClN3O2. The van der Waals surface area contributed by atoms with Crippen LogP contribution in [0.4, 0.5) is 5.69 Å². The van der Waals surface area contributed by atoms with Crippen LogP contribution in [-0.4, -0.2) is 12.1 Å². The van der Waals surface area contributed by atoms with Gasteiger partial charge in [0, 0.05) is 16.3 Å². The van der Waals surface area contributed by atoms with Crippen molar-refractivity contribution in [1.82, 2.24) is 5.43 Å². The zero-order valence-electron chi connectivity index (χ0n) is 12.6. The Labute approximate surface area is 143 Å². The number of nitrogens with zero attached hydrogens (tertiary/aromatic N) is 1. The minimum Gasteiger partial charge on any atom is -0.455 e. The number of nitrogen functional groups attached to an aromatic ring is 1. The van der Waals surface area contributed by atoms with Crippen molar-refractivity contribution in [3.05, 3.63) is 77.0 Å². The number of anilines is 1. The lowest BCUT2D eigenvalue weighted by molar-refractivity contribution is 0.0956. The Balaban J connectivity index is 1.66. The van der Waals surface area contributed by atoms with Crippen LogP contribution in [0.1, 0.15) is 16.1 Å². The summed E-state index contributed by atoms with van der Waals surface area (Å²) in [7, 11) is 0. The van der Waals surface area contributed by atoms with Gasteiger partial charge in [0.1, 0.15) is 11.5 Å². The lowest BCUT2D eigenvalue weighted by atomic mass is 10.2. The topological polar surface area (TPSA) is 80.6 Å². The number of halogens is 1. The molecule has 1 aromatic heterocycles. The number of hydrogen-bond donors (Lipinski definition) is 2. The monoisotopic (exact) mass is 339 g/mol. The molecule has 0 fully saturated rings. The molecule has 0 aliphatic rings. The molecule has 0 unspecified atom stereocenters. The van der Waals surface area contributed by atoms with Crippen molar-refractivity contribution >= 4 is 29.4 Å². The van der Waals surface area contributed by atoms with E-state index in [0.29, 0.717) is 27.8 Å². The standard InChI is InChI=1S/C18H14ClN3O2/c19-13-7-5-12(6-8-13)17-10-9-14(24-17)11-21-22-18(23)15-3-1-2-4-16(15)20/h1-11H,20H2,(H,22,23). The number of nitrogens with one attached hydrogen (secondary N) is 1. The van der Waals surface area contributed by atoms with E-state index in [2.05, 4.69) is 10.5 Å². The quantitative estimate of drug-likeness (QED) is 0.429. The van der Waals surface area contributed by atoms with Crippen molar-refractivity contribution in [2.24, 2.45) is 5.10 Å². The smallest absolute Gasteiger partial charge is 0.273 e. The van der Waals surface area contributed by atoms with Gasteiger partial charge in [0.15, 0.2) is 0 Å². The lowest BCUT2D eigenvalue weighted by Crippen LogP contribution is -2.18. The molecule has 0 aliphatic heterocycles. The van der Waals surface area contributed by atoms with Crippen LogP contribution in [0.2, 0.25) is 5.02 Å². The molecule has 3 N–H and O–H groups in total.